The molecule has 6 aromatic heterocycles. The number of hydrogen-bond acceptors (Lipinski definition) is 25. The van der Waals surface area contributed by atoms with Crippen LogP contribution >= 0.6 is 189 Å². The number of phenolic OH excluding ortho intramolecular Hbond substituents is 1. The van der Waals surface area contributed by atoms with Crippen molar-refractivity contribution in [2.45, 2.75) is 42.0 Å². The first kappa shape index (κ1) is 112. The molecule has 0 aliphatic carbocycles. The average Bonchev–Trinajstić information content (AvgIpc) is 1.70. The van der Waals surface area contributed by atoms with Gasteiger partial charge in [0.2, 0.25) is 9.05 Å². The number of thiazole rings is 6. The molecule has 0 saturated carbocycles. The van der Waals surface area contributed by atoms with Gasteiger partial charge < -0.3 is 51.8 Å². The fourth-order valence-electron chi connectivity index (χ4n) is 10.9. The molecule has 0 aliphatic heterocycles. The van der Waals surface area contributed by atoms with Crippen molar-refractivity contribution in [1.29, 1.82) is 0 Å². The van der Waals surface area contributed by atoms with Crippen molar-refractivity contribution in [3.05, 3.63) is 308 Å². The Bertz CT molecular complexity index is 6440. The summed E-state index contributed by atoms with van der Waals surface area (Å²) in [7, 11) is 11.2. The zero-order valence-electron chi connectivity index (χ0n) is 67.3. The molecule has 2 radical (unpaired) electrons. The van der Waals surface area contributed by atoms with Crippen molar-refractivity contribution in [3.8, 4) is 69.2 Å². The fraction of sp³-hybridized carbons (Fsp3) is 0.0824. The molecular weight excluding hydrogens is 2470 g/mol. The molecule has 0 saturated heterocycles. The van der Waals surface area contributed by atoms with Crippen molar-refractivity contribution < 1.29 is 117 Å². The van der Waals surface area contributed by atoms with Gasteiger partial charge in [0.05, 0.1) is 82.3 Å². The van der Waals surface area contributed by atoms with E-state index in [1.807, 2.05) is 86.6 Å². The van der Waals surface area contributed by atoms with Crippen LogP contribution in [0, 0.1) is 72.1 Å². The number of hydrogen-bond donors (Lipinski definition) is 4. The quantitative estimate of drug-likeness (QED) is 0.0260. The van der Waals surface area contributed by atoms with Gasteiger partial charge >= 0.3 is 99.0 Å². The topological polar surface area (TPSA) is 369 Å². The number of aryl methyl sites for hydroxylation is 5. The van der Waals surface area contributed by atoms with Crippen molar-refractivity contribution in [2.75, 3.05) is 23.5 Å². The van der Waals surface area contributed by atoms with E-state index in [-0.39, 0.29) is 122 Å². The van der Waals surface area contributed by atoms with Crippen LogP contribution in [0.5, 0.6) is 5.75 Å². The molecule has 22 nitrogen and oxygen atoms in total. The Hall–Kier alpha value is -5.35. The average molecular weight is 2540 g/mol. The first-order chi connectivity index (χ1) is 58.0. The number of nitro benzene ring substituents is 3. The van der Waals surface area contributed by atoms with Crippen molar-refractivity contribution >= 4 is 316 Å². The SMILES string of the molecule is BrB(Br)Br.C.CS(=O)(=O)Cl.Cc1ccc2nc(-c3ccc(N)c([125I])c3)sc2c1.Cc1ccc2nc(-c3ccc(N)c([125I])c3)sc2c1.Cc1ccc2nc(-c3ccc(N)cc3)sc2c1.Cc1ccc2nc(-c3ccc([N+](=O)[O-])cc3)sc2c1.Cc1ccc2nc(-c3ccc([N+](=O)[O-])cc3)sc2c1.O=[N+]([O-])c1ccc(-c2nc3ccc(O)cc3s2)cc1.[125I-].[Cl][Sn][Cl].[Na+].[Na+].[OH-]. The van der Waals surface area contributed by atoms with Gasteiger partial charge in [0.15, 0.2) is 0 Å². The minimum Gasteiger partial charge on any atom is -0.870 e. The van der Waals surface area contributed by atoms with Crippen LogP contribution in [0.4, 0.5) is 34.1 Å². The summed E-state index contributed by atoms with van der Waals surface area (Å²) in [5, 5.41) is 46.9. The minimum absolute atomic E-state index is 0. The van der Waals surface area contributed by atoms with Crippen LogP contribution in [0.1, 0.15) is 35.2 Å². The third-order valence-electron chi connectivity index (χ3n) is 16.7. The largest absolute Gasteiger partial charge is 1.00 e. The number of non-ortho nitro benzene ring substituents is 3. The number of nitrogen functional groups attached to an aromatic ring is 3. The second kappa shape index (κ2) is 53.5. The first-order valence-electron chi connectivity index (χ1n) is 35.5. The van der Waals surface area contributed by atoms with Crippen molar-refractivity contribution in [2.24, 2.45) is 0 Å². The maximum absolute atomic E-state index is 10.6. The maximum atomic E-state index is 10.6. The molecule has 6 heterocycles. The van der Waals surface area contributed by atoms with Gasteiger partial charge in [0.1, 0.15) is 35.8 Å². The molecule has 644 valence electrons. The van der Waals surface area contributed by atoms with Crippen LogP contribution in [0.15, 0.2) is 243 Å². The molecular formula is C85H70BBr3Cl3I3N12Na2O10S7Sn. The summed E-state index contributed by atoms with van der Waals surface area (Å²) < 4.78 is 28.1. The first-order valence-corrected chi connectivity index (χ1v) is 55.2. The van der Waals surface area contributed by atoms with E-state index in [4.69, 9.17) is 35.0 Å². The summed E-state index contributed by atoms with van der Waals surface area (Å²) in [5.41, 5.74) is 38.2. The fourth-order valence-corrected chi connectivity index (χ4v) is 18.3. The Morgan fingerprint density at radius 3 is 0.787 bits per heavy atom. The summed E-state index contributed by atoms with van der Waals surface area (Å²) >= 11 is 22.8. The summed E-state index contributed by atoms with van der Waals surface area (Å²) in [6, 6.07) is 75.5. The molecule has 42 heteroatoms. The summed E-state index contributed by atoms with van der Waals surface area (Å²) in [6.45, 7) is 10.4. The van der Waals surface area contributed by atoms with Crippen LogP contribution in [-0.4, -0.2) is 92.0 Å². The predicted octanol–water partition coefficient (Wildman–Crippen LogP) is 19.5. The molecule has 0 aliphatic rings. The molecule has 8 N–H and O–H groups in total. The predicted molar refractivity (Wildman–Crippen MR) is 554 cm³/mol. The number of rotatable bonds is 9. The Morgan fingerprint density at radius 1 is 0.386 bits per heavy atom. The number of nitrogens with two attached hydrogens (primary N) is 3. The summed E-state index contributed by atoms with van der Waals surface area (Å²) in [6.07, 6.45) is 0.925. The number of benzene rings is 12. The zero-order chi connectivity index (χ0) is 88.2. The van der Waals surface area contributed by atoms with Crippen molar-refractivity contribution in [1.82, 2.24) is 29.9 Å². The van der Waals surface area contributed by atoms with E-state index in [0.29, 0.717) is 0 Å². The Morgan fingerprint density at radius 2 is 0.575 bits per heavy atom. The number of nitrogens with zero attached hydrogens (tertiary/aromatic N) is 9. The monoisotopic (exact) mass is 2540 g/mol. The van der Waals surface area contributed by atoms with Gasteiger partial charge in [-0.1, -0.05) is 37.8 Å². The Balaban J connectivity index is 0.000000261. The zero-order valence-corrected chi connectivity index (χ0v) is 93.4. The normalized spacial score (nSPS) is 10.2. The maximum Gasteiger partial charge on any atom is 1.00 e. The van der Waals surface area contributed by atoms with E-state index in [1.54, 1.807) is 111 Å². The summed E-state index contributed by atoms with van der Waals surface area (Å²) in [5.74, 6) is 0.200. The molecule has 0 amide bonds. The number of aromatic nitrogens is 6. The van der Waals surface area contributed by atoms with Crippen LogP contribution in [0.2, 0.25) is 0 Å². The molecule has 0 spiro atoms. The van der Waals surface area contributed by atoms with E-state index in [1.165, 1.54) is 89.7 Å². The van der Waals surface area contributed by atoms with Gasteiger partial charge in [-0.25, -0.2) is 38.3 Å². The van der Waals surface area contributed by atoms with E-state index >= 15 is 0 Å². The van der Waals surface area contributed by atoms with E-state index < -0.39 is 42.7 Å². The second-order valence-corrected chi connectivity index (χ2v) is 48.4. The van der Waals surface area contributed by atoms with Crippen LogP contribution in [0.3, 0.4) is 0 Å². The van der Waals surface area contributed by atoms with Crippen LogP contribution in [-0.2, 0) is 9.05 Å². The third kappa shape index (κ3) is 34.3. The van der Waals surface area contributed by atoms with Gasteiger partial charge in [-0.15, -0.1) is 115 Å². The van der Waals surface area contributed by atoms with Crippen molar-refractivity contribution in [3.63, 3.8) is 0 Å². The summed E-state index contributed by atoms with van der Waals surface area (Å²) in [4.78, 5) is 58.1. The number of nitro groups is 3. The van der Waals surface area contributed by atoms with E-state index in [2.05, 4.69) is 233 Å². The number of fused-ring (bicyclic) bond motifs is 6. The van der Waals surface area contributed by atoms with Crippen LogP contribution in [0.25, 0.3) is 125 Å². The van der Waals surface area contributed by atoms with Crippen LogP contribution < -0.4 is 100 Å². The molecule has 18 rings (SSSR count). The molecule has 0 fully saturated rings. The van der Waals surface area contributed by atoms with Gasteiger partial charge in [-0.2, -0.15) is 0 Å². The van der Waals surface area contributed by atoms with E-state index in [9.17, 15) is 43.9 Å². The van der Waals surface area contributed by atoms with Gasteiger partial charge in [-0.05, 0) is 284 Å². The van der Waals surface area contributed by atoms with Gasteiger partial charge in [0, 0.05) is 105 Å². The molecule has 0 atom stereocenters. The second-order valence-electron chi connectivity index (χ2n) is 26.1. The molecule has 0 unspecified atom stereocenters. The van der Waals surface area contributed by atoms with E-state index in [0.717, 1.165) is 141 Å². The molecule has 18 aromatic rings. The van der Waals surface area contributed by atoms with Gasteiger partial charge in [-0.3, -0.25) is 30.3 Å². The molecule has 127 heavy (non-hydrogen) atoms. The molecule has 0 bridgehead atoms. The smallest absolute Gasteiger partial charge is 0.870 e. The third-order valence-corrected chi connectivity index (χ3v) is 25.0. The molecule has 12 aromatic carbocycles. The number of aromatic hydroxyl groups is 1. The Kier molecular flexibility index (Phi) is 47.3. The number of anilines is 3. The van der Waals surface area contributed by atoms with Gasteiger partial charge in [0.25, 0.3) is 17.1 Å². The Labute approximate surface area is 891 Å². The number of phenols is 1. The number of halogens is 9. The standard InChI is InChI=1S/2C14H11IN2S.2C14H10N2O2S.C14H12N2S.C13H8N2O3S.CH3ClO2S.CH4.BBr3.2ClH.HI.2Na.H2O.Sn/c2*1-8-2-5-12-13(6-8)18-14(17-12)9-3-4-11(16)10(15)7-9;2*1-9-2-7-12-13(8-9)19-14(15-12)10-3-5-11(6-4-10)16(17)18;1-9-2-7-12-13(8-9)17-14(16-12)10-3-5-11(15)6-4-10;16-10-5-6-11-12(7-10)19-13(14-11)8-1-3-9(4-2-8)15(17)18;1-5(2,3)4;;2-1(3)4;;;;;;;/h2*2-7H,16H2,1H3;2*2-8H,1H3;2-8H,15H2,1H3;1-7,16H;1H3;1H4;;3*1H;;;1H2;/q;;;;;;;;;;;;2*+1;;+2/p-4/i2*15-2;;;;;;;;;;1-2;;;;. The minimum atomic E-state index is -3.19.